The minimum Gasteiger partial charge on any atom is -0.120 e. The van der Waals surface area contributed by atoms with Crippen molar-refractivity contribution in [2.45, 2.75) is 83.5 Å². The highest BCUT2D eigenvalue weighted by molar-refractivity contribution is 4.83. The van der Waals surface area contributed by atoms with E-state index in [-0.39, 0.29) is 0 Å². The quantitative estimate of drug-likeness (QED) is 0.296. The molecule has 0 aliphatic rings. The Hall–Kier alpha value is -0.880. The van der Waals surface area contributed by atoms with Crippen molar-refractivity contribution in [1.29, 1.82) is 0 Å². The molecule has 0 aromatic carbocycles. The Morgan fingerprint density at radius 2 is 0.944 bits per heavy atom. The van der Waals surface area contributed by atoms with E-state index in [1.165, 1.54) is 70.6 Å². The van der Waals surface area contributed by atoms with E-state index in [1.807, 2.05) is 0 Å². The summed E-state index contributed by atoms with van der Waals surface area (Å²) in [5.41, 5.74) is 0. The molecular formula is C18H29. The molecule has 0 spiro atoms. The fourth-order valence-corrected chi connectivity index (χ4v) is 2.06. The zero-order valence-corrected chi connectivity index (χ0v) is 11.9. The van der Waals surface area contributed by atoms with Gasteiger partial charge in [0.25, 0.3) is 0 Å². The second-order valence-electron chi connectivity index (χ2n) is 4.96. The largest absolute Gasteiger partial charge is 0.120 e. The molecule has 18 heavy (non-hydrogen) atoms. The molecule has 0 aliphatic carbocycles. The first kappa shape index (κ1) is 17.1. The van der Waals surface area contributed by atoms with E-state index in [0.29, 0.717) is 0 Å². The van der Waals surface area contributed by atoms with E-state index in [9.17, 15) is 0 Å². The average Bonchev–Trinajstić information content (AvgIpc) is 2.39. The van der Waals surface area contributed by atoms with Crippen LogP contribution in [0.4, 0.5) is 0 Å². The molecule has 0 saturated carbocycles. The Morgan fingerprint density at radius 3 is 1.39 bits per heavy atom. The molecule has 0 aliphatic heterocycles. The van der Waals surface area contributed by atoms with Gasteiger partial charge in [-0.2, -0.15) is 0 Å². The van der Waals surface area contributed by atoms with Crippen LogP contribution in [-0.4, -0.2) is 0 Å². The smallest absolute Gasteiger partial charge is 0.00860 e. The van der Waals surface area contributed by atoms with Gasteiger partial charge in [0, 0.05) is 12.8 Å². The molecule has 0 heteroatoms. The summed E-state index contributed by atoms with van der Waals surface area (Å²) in [6.45, 7) is 0. The van der Waals surface area contributed by atoms with Crippen LogP contribution in [0.25, 0.3) is 0 Å². The number of unbranched alkanes of at least 4 members (excludes halogenated alkanes) is 13. The van der Waals surface area contributed by atoms with Gasteiger partial charge in [-0.15, -0.1) is 24.7 Å². The first-order valence-electron chi connectivity index (χ1n) is 7.60. The van der Waals surface area contributed by atoms with Crippen LogP contribution in [0.1, 0.15) is 83.5 Å². The van der Waals surface area contributed by atoms with Crippen molar-refractivity contribution in [3.63, 3.8) is 0 Å². The summed E-state index contributed by atoms with van der Waals surface area (Å²) in [7, 11) is 0. The summed E-state index contributed by atoms with van der Waals surface area (Å²) < 4.78 is 0. The Morgan fingerprint density at radius 1 is 0.556 bits per heavy atom. The van der Waals surface area contributed by atoms with Gasteiger partial charge in [0.05, 0.1) is 0 Å². The third-order valence-corrected chi connectivity index (χ3v) is 3.21. The highest BCUT2D eigenvalue weighted by Gasteiger charge is 1.93. The van der Waals surface area contributed by atoms with Gasteiger partial charge in [-0.1, -0.05) is 57.8 Å². The highest BCUT2D eigenvalue weighted by Crippen LogP contribution is 2.11. The lowest BCUT2D eigenvalue weighted by atomic mass is 10.0. The van der Waals surface area contributed by atoms with Gasteiger partial charge in [0.15, 0.2) is 0 Å². The van der Waals surface area contributed by atoms with Crippen LogP contribution in [0.5, 0.6) is 0 Å². The molecule has 0 aromatic rings. The molecule has 0 amide bonds. The Labute approximate surface area is 115 Å². The maximum absolute atomic E-state index is 5.21. The van der Waals surface area contributed by atoms with Crippen LogP contribution in [0.15, 0.2) is 0 Å². The predicted molar refractivity (Wildman–Crippen MR) is 82.0 cm³/mol. The highest BCUT2D eigenvalue weighted by atomic mass is 14.0. The van der Waals surface area contributed by atoms with Crippen molar-refractivity contribution >= 4 is 0 Å². The molecule has 0 unspecified atom stereocenters. The van der Waals surface area contributed by atoms with Crippen LogP contribution in [0, 0.1) is 31.1 Å². The fraction of sp³-hybridized carbons (Fsp3) is 0.722. The lowest BCUT2D eigenvalue weighted by Gasteiger charge is -2.02. The first-order chi connectivity index (χ1) is 8.91. The second-order valence-corrected chi connectivity index (χ2v) is 4.96. The Balaban J connectivity index is 2.91. The molecule has 0 aromatic heterocycles. The van der Waals surface area contributed by atoms with Gasteiger partial charge in [-0.25, -0.2) is 0 Å². The van der Waals surface area contributed by atoms with Crippen LogP contribution >= 0.6 is 0 Å². The normalized spacial score (nSPS) is 9.89. The average molecular weight is 245 g/mol. The van der Waals surface area contributed by atoms with Crippen molar-refractivity contribution in [1.82, 2.24) is 0 Å². The molecular weight excluding hydrogens is 216 g/mol. The molecule has 0 heterocycles. The number of hydrogen-bond donors (Lipinski definition) is 0. The van der Waals surface area contributed by atoms with Crippen LogP contribution in [-0.2, 0) is 0 Å². The molecule has 0 rings (SSSR count). The van der Waals surface area contributed by atoms with Crippen LogP contribution in [0.2, 0.25) is 0 Å². The molecule has 0 fully saturated rings. The van der Waals surface area contributed by atoms with Crippen molar-refractivity contribution < 1.29 is 0 Å². The van der Waals surface area contributed by atoms with Gasteiger partial charge in [0.2, 0.25) is 0 Å². The van der Waals surface area contributed by atoms with Crippen LogP contribution in [0.3, 0.4) is 0 Å². The molecule has 1 radical (unpaired) electrons. The molecule has 0 saturated heterocycles. The van der Waals surface area contributed by atoms with E-state index >= 15 is 0 Å². The maximum atomic E-state index is 5.21. The third-order valence-electron chi connectivity index (χ3n) is 3.21. The molecule has 0 atom stereocenters. The van der Waals surface area contributed by atoms with E-state index in [4.69, 9.17) is 12.8 Å². The fourth-order valence-electron chi connectivity index (χ4n) is 2.06. The maximum Gasteiger partial charge on any atom is 0.00860 e. The number of rotatable bonds is 13. The summed E-state index contributed by atoms with van der Waals surface area (Å²) in [4.78, 5) is 0. The van der Waals surface area contributed by atoms with Crippen molar-refractivity contribution in [3.05, 3.63) is 6.42 Å². The summed E-state index contributed by atoms with van der Waals surface area (Å²) >= 11 is 0. The van der Waals surface area contributed by atoms with Crippen molar-refractivity contribution in [2.75, 3.05) is 0 Å². The number of terminal acetylenes is 2. The van der Waals surface area contributed by atoms with Crippen molar-refractivity contribution in [2.24, 2.45) is 0 Å². The van der Waals surface area contributed by atoms with Gasteiger partial charge in [-0.05, 0) is 19.3 Å². The summed E-state index contributed by atoms with van der Waals surface area (Å²) in [6, 6.07) is 0. The Bertz CT molecular complexity index is 199. The molecule has 0 bridgehead atoms. The lowest BCUT2D eigenvalue weighted by molar-refractivity contribution is 0.597. The SMILES string of the molecule is C#CCCCCCC[CH]CCCCCCCC#C. The van der Waals surface area contributed by atoms with Gasteiger partial charge in [-0.3, -0.25) is 0 Å². The lowest BCUT2D eigenvalue weighted by Crippen LogP contribution is -1.83. The third kappa shape index (κ3) is 15.1. The standard InChI is InChI=1S/C18H29/c1-3-5-7-9-11-13-15-17-18-16-14-12-10-8-6-4-2/h1-2,17H,5-16,18H2. The molecule has 0 N–H and O–H groups in total. The van der Waals surface area contributed by atoms with E-state index in [1.54, 1.807) is 0 Å². The van der Waals surface area contributed by atoms with Gasteiger partial charge in [0.1, 0.15) is 0 Å². The van der Waals surface area contributed by atoms with E-state index < -0.39 is 0 Å². The monoisotopic (exact) mass is 245 g/mol. The zero-order valence-electron chi connectivity index (χ0n) is 11.9. The summed E-state index contributed by atoms with van der Waals surface area (Å²) in [5.74, 6) is 5.39. The van der Waals surface area contributed by atoms with Gasteiger partial charge < -0.3 is 0 Å². The second kappa shape index (κ2) is 16.1. The van der Waals surface area contributed by atoms with Crippen molar-refractivity contribution in [3.8, 4) is 24.7 Å². The summed E-state index contributed by atoms with van der Waals surface area (Å²) in [5, 5.41) is 0. The number of hydrogen-bond acceptors (Lipinski definition) is 0. The topological polar surface area (TPSA) is 0 Å². The predicted octanol–water partition coefficient (Wildman–Crippen LogP) is 5.53. The minimum atomic E-state index is 0.948. The Kier molecular flexibility index (Phi) is 15.3. The first-order valence-corrected chi connectivity index (χ1v) is 7.60. The minimum absolute atomic E-state index is 0.948. The van der Waals surface area contributed by atoms with Crippen LogP contribution < -0.4 is 0 Å². The van der Waals surface area contributed by atoms with E-state index in [2.05, 4.69) is 18.3 Å². The van der Waals surface area contributed by atoms with Gasteiger partial charge >= 0.3 is 0 Å². The molecule has 0 nitrogen and oxygen atoms in total. The summed E-state index contributed by atoms with van der Waals surface area (Å²) in [6.07, 6.45) is 29.1. The van der Waals surface area contributed by atoms with E-state index in [0.717, 1.165) is 12.8 Å². The molecule has 101 valence electrons. The zero-order chi connectivity index (χ0) is 13.3.